The van der Waals surface area contributed by atoms with E-state index in [9.17, 15) is 0 Å². The van der Waals surface area contributed by atoms with Gasteiger partial charge < -0.3 is 15.0 Å². The Labute approximate surface area is 117 Å². The van der Waals surface area contributed by atoms with Gasteiger partial charge in [0, 0.05) is 13.1 Å². The van der Waals surface area contributed by atoms with Crippen molar-refractivity contribution in [1.82, 2.24) is 10.2 Å². The Morgan fingerprint density at radius 3 is 2.95 bits per heavy atom. The lowest BCUT2D eigenvalue weighted by Crippen LogP contribution is -2.25. The molecule has 1 aromatic rings. The molecule has 0 aliphatic heterocycles. The van der Waals surface area contributed by atoms with Gasteiger partial charge in [0.25, 0.3) is 0 Å². The number of nitrogens with one attached hydrogen (secondary N) is 1. The van der Waals surface area contributed by atoms with Gasteiger partial charge in [-0.25, -0.2) is 0 Å². The lowest BCUT2D eigenvalue weighted by Gasteiger charge is -2.16. The number of benzene rings is 1. The first-order chi connectivity index (χ1) is 9.26. The van der Waals surface area contributed by atoms with Crippen molar-refractivity contribution in [3.05, 3.63) is 42.5 Å². The molecule has 0 heterocycles. The monoisotopic (exact) mass is 262 g/mol. The van der Waals surface area contributed by atoms with Gasteiger partial charge >= 0.3 is 0 Å². The van der Waals surface area contributed by atoms with Crippen molar-refractivity contribution < 1.29 is 4.74 Å². The highest BCUT2D eigenvalue weighted by Gasteiger charge is 1.99. The molecule has 3 heteroatoms. The Morgan fingerprint density at radius 2 is 2.21 bits per heavy atom. The van der Waals surface area contributed by atoms with Gasteiger partial charge in [0.15, 0.2) is 0 Å². The Bertz CT molecular complexity index is 366. The summed E-state index contributed by atoms with van der Waals surface area (Å²) in [6.07, 6.45) is 4.21. The number of unbranched alkanes of at least 4 members (excludes halogenated alkanes) is 1. The molecule has 0 aliphatic carbocycles. The zero-order chi connectivity index (χ0) is 13.9. The van der Waals surface area contributed by atoms with E-state index in [2.05, 4.69) is 36.0 Å². The number of nitrogens with zero attached hydrogens (tertiary/aromatic N) is 1. The first-order valence-corrected chi connectivity index (χ1v) is 6.92. The van der Waals surface area contributed by atoms with Crippen molar-refractivity contribution in [1.29, 1.82) is 0 Å². The highest BCUT2D eigenvalue weighted by Crippen LogP contribution is 2.13. The van der Waals surface area contributed by atoms with E-state index >= 15 is 0 Å². The summed E-state index contributed by atoms with van der Waals surface area (Å²) in [6, 6.07) is 8.24. The predicted molar refractivity (Wildman–Crippen MR) is 81.6 cm³/mol. The number of rotatable bonds is 10. The molecule has 106 valence electrons. The van der Waals surface area contributed by atoms with Crippen LogP contribution < -0.4 is 10.1 Å². The van der Waals surface area contributed by atoms with Crippen LogP contribution in [0.4, 0.5) is 0 Å². The van der Waals surface area contributed by atoms with Gasteiger partial charge in [-0.2, -0.15) is 0 Å². The molecule has 3 nitrogen and oxygen atoms in total. The van der Waals surface area contributed by atoms with Crippen LogP contribution in [0, 0.1) is 0 Å². The van der Waals surface area contributed by atoms with Crippen molar-refractivity contribution in [2.75, 3.05) is 33.8 Å². The first-order valence-electron chi connectivity index (χ1n) is 6.92. The molecule has 0 aromatic heterocycles. The van der Waals surface area contributed by atoms with E-state index in [0.29, 0.717) is 0 Å². The molecule has 0 radical (unpaired) electrons. The number of ether oxygens (including phenoxy) is 1. The third-order valence-corrected chi connectivity index (χ3v) is 2.97. The Morgan fingerprint density at radius 1 is 1.37 bits per heavy atom. The fourth-order valence-electron chi connectivity index (χ4n) is 1.89. The smallest absolute Gasteiger partial charge is 0.119 e. The zero-order valence-corrected chi connectivity index (χ0v) is 12.2. The summed E-state index contributed by atoms with van der Waals surface area (Å²) in [4.78, 5) is 2.29. The van der Waals surface area contributed by atoms with Crippen LogP contribution in [-0.2, 0) is 6.54 Å². The van der Waals surface area contributed by atoms with Gasteiger partial charge in [-0.05, 0) is 51.2 Å². The van der Waals surface area contributed by atoms with E-state index in [1.165, 1.54) is 5.56 Å². The first kappa shape index (κ1) is 15.7. The molecule has 19 heavy (non-hydrogen) atoms. The van der Waals surface area contributed by atoms with E-state index in [4.69, 9.17) is 4.74 Å². The SMILES string of the molecule is C=CCCCN(C)CCOc1cccc(CNC)c1. The lowest BCUT2D eigenvalue weighted by molar-refractivity contribution is 0.236. The van der Waals surface area contributed by atoms with Crippen LogP contribution in [0.15, 0.2) is 36.9 Å². The second-order valence-electron chi connectivity index (χ2n) is 4.76. The van der Waals surface area contributed by atoms with Crippen molar-refractivity contribution in [3.8, 4) is 5.75 Å². The minimum Gasteiger partial charge on any atom is -0.492 e. The minimum atomic E-state index is 0.730. The van der Waals surface area contributed by atoms with E-state index in [0.717, 1.165) is 44.8 Å². The summed E-state index contributed by atoms with van der Waals surface area (Å²) < 4.78 is 5.78. The van der Waals surface area contributed by atoms with Gasteiger partial charge in [-0.15, -0.1) is 6.58 Å². The second kappa shape index (κ2) is 9.59. The summed E-state index contributed by atoms with van der Waals surface area (Å²) in [7, 11) is 4.08. The molecular weight excluding hydrogens is 236 g/mol. The van der Waals surface area contributed by atoms with Crippen molar-refractivity contribution >= 4 is 0 Å². The number of hydrogen-bond donors (Lipinski definition) is 1. The van der Waals surface area contributed by atoms with E-state index < -0.39 is 0 Å². The minimum absolute atomic E-state index is 0.730. The molecule has 1 aromatic carbocycles. The number of likely N-dealkylation sites (N-methyl/N-ethyl adjacent to an activating group) is 1. The van der Waals surface area contributed by atoms with Gasteiger partial charge in [0.05, 0.1) is 0 Å². The Hall–Kier alpha value is -1.32. The van der Waals surface area contributed by atoms with Crippen LogP contribution in [0.3, 0.4) is 0 Å². The molecule has 0 atom stereocenters. The fourth-order valence-corrected chi connectivity index (χ4v) is 1.89. The van der Waals surface area contributed by atoms with Crippen molar-refractivity contribution in [2.24, 2.45) is 0 Å². The summed E-state index contributed by atoms with van der Waals surface area (Å²) in [5, 5.41) is 3.14. The topological polar surface area (TPSA) is 24.5 Å². The average molecular weight is 262 g/mol. The number of allylic oxidation sites excluding steroid dienone is 1. The Balaban J connectivity index is 2.24. The van der Waals surface area contributed by atoms with Crippen molar-refractivity contribution in [3.63, 3.8) is 0 Å². The molecular formula is C16H26N2O. The summed E-state index contributed by atoms with van der Waals surface area (Å²) in [5.41, 5.74) is 1.25. The van der Waals surface area contributed by atoms with E-state index in [-0.39, 0.29) is 0 Å². The molecule has 0 amide bonds. The highest BCUT2D eigenvalue weighted by molar-refractivity contribution is 5.28. The molecule has 0 aliphatic rings. The quantitative estimate of drug-likeness (QED) is 0.518. The standard InChI is InChI=1S/C16H26N2O/c1-4-5-6-10-18(3)11-12-19-16-9-7-8-15(13-16)14-17-2/h4,7-9,13,17H,1,5-6,10-12,14H2,2-3H3. The summed E-state index contributed by atoms with van der Waals surface area (Å²) >= 11 is 0. The largest absolute Gasteiger partial charge is 0.492 e. The van der Waals surface area contributed by atoms with E-state index in [1.54, 1.807) is 0 Å². The van der Waals surface area contributed by atoms with Crippen LogP contribution in [-0.4, -0.2) is 38.7 Å². The van der Waals surface area contributed by atoms with Gasteiger partial charge in [-0.3, -0.25) is 0 Å². The summed E-state index contributed by atoms with van der Waals surface area (Å²) in [5.74, 6) is 0.951. The maximum Gasteiger partial charge on any atom is 0.119 e. The van der Waals surface area contributed by atoms with Crippen LogP contribution in [0.1, 0.15) is 18.4 Å². The third kappa shape index (κ3) is 6.99. The fraction of sp³-hybridized carbons (Fsp3) is 0.500. The van der Waals surface area contributed by atoms with Crippen LogP contribution in [0.5, 0.6) is 5.75 Å². The zero-order valence-electron chi connectivity index (χ0n) is 12.2. The maximum atomic E-state index is 5.78. The highest BCUT2D eigenvalue weighted by atomic mass is 16.5. The van der Waals surface area contributed by atoms with Gasteiger partial charge in [0.2, 0.25) is 0 Å². The van der Waals surface area contributed by atoms with Gasteiger partial charge in [0.1, 0.15) is 12.4 Å². The van der Waals surface area contributed by atoms with Crippen LogP contribution in [0.25, 0.3) is 0 Å². The molecule has 1 N–H and O–H groups in total. The molecule has 0 bridgehead atoms. The molecule has 0 unspecified atom stereocenters. The van der Waals surface area contributed by atoms with E-state index in [1.807, 2.05) is 25.3 Å². The third-order valence-electron chi connectivity index (χ3n) is 2.97. The predicted octanol–water partition coefficient (Wildman–Crippen LogP) is 2.68. The normalized spacial score (nSPS) is 10.7. The second-order valence-corrected chi connectivity index (χ2v) is 4.76. The average Bonchev–Trinajstić information content (AvgIpc) is 2.40. The molecule has 0 saturated heterocycles. The maximum absolute atomic E-state index is 5.78. The Kier molecular flexibility index (Phi) is 7.94. The molecule has 0 fully saturated rings. The lowest BCUT2D eigenvalue weighted by atomic mass is 10.2. The molecule has 0 spiro atoms. The van der Waals surface area contributed by atoms with Crippen LogP contribution in [0.2, 0.25) is 0 Å². The number of hydrogen-bond acceptors (Lipinski definition) is 3. The van der Waals surface area contributed by atoms with Gasteiger partial charge in [-0.1, -0.05) is 18.2 Å². The molecule has 0 saturated carbocycles. The van der Waals surface area contributed by atoms with Crippen molar-refractivity contribution in [2.45, 2.75) is 19.4 Å². The summed E-state index contributed by atoms with van der Waals surface area (Å²) in [6.45, 7) is 7.38. The molecule has 1 rings (SSSR count). The van der Waals surface area contributed by atoms with Crippen LogP contribution >= 0.6 is 0 Å².